The van der Waals surface area contributed by atoms with E-state index in [0.717, 1.165) is 18.7 Å². The quantitative estimate of drug-likeness (QED) is 0.348. The molecule has 4 N–H and O–H groups in total. The van der Waals surface area contributed by atoms with Crippen LogP contribution in [0.15, 0.2) is 30.3 Å². The second-order valence-corrected chi connectivity index (χ2v) is 10.6. The maximum Gasteiger partial charge on any atom is 0.251 e. The van der Waals surface area contributed by atoms with E-state index in [4.69, 9.17) is 10.5 Å². The Morgan fingerprint density at radius 1 is 1.23 bits per heavy atom. The SMILES string of the molecule is CC(C)SN(C)c1cc(C(=O)N[C@@H](COc2cc(F)cc(F)c2)[C@@H](N)CF)cc(NCC2CC2)n1. The average Bonchev–Trinajstić information content (AvgIpc) is 3.63. The van der Waals surface area contributed by atoms with Gasteiger partial charge in [0.25, 0.3) is 5.91 Å². The van der Waals surface area contributed by atoms with Gasteiger partial charge >= 0.3 is 0 Å². The van der Waals surface area contributed by atoms with Crippen LogP contribution in [-0.4, -0.2) is 55.1 Å². The van der Waals surface area contributed by atoms with Crippen molar-refractivity contribution in [2.75, 3.05) is 36.5 Å². The number of pyridine rings is 1. The highest BCUT2D eigenvalue weighted by molar-refractivity contribution is 8.01. The van der Waals surface area contributed by atoms with E-state index in [-0.39, 0.29) is 12.4 Å². The first kappa shape index (κ1) is 26.9. The Hall–Kier alpha value is -2.66. The first-order valence-electron chi connectivity index (χ1n) is 11.5. The van der Waals surface area contributed by atoms with E-state index in [9.17, 15) is 18.0 Å². The van der Waals surface area contributed by atoms with Gasteiger partial charge in [-0.1, -0.05) is 13.8 Å². The Bertz CT molecular complexity index is 989. The van der Waals surface area contributed by atoms with Crippen molar-refractivity contribution in [1.82, 2.24) is 10.3 Å². The Balaban J connectivity index is 1.76. The number of alkyl halides is 1. The van der Waals surface area contributed by atoms with E-state index in [0.29, 0.717) is 34.4 Å². The number of amides is 1. The van der Waals surface area contributed by atoms with Gasteiger partial charge in [0.15, 0.2) is 0 Å². The molecular weight excluding hydrogens is 479 g/mol. The number of ether oxygens (including phenoxy) is 1. The molecule has 7 nitrogen and oxygen atoms in total. The highest BCUT2D eigenvalue weighted by Gasteiger charge is 2.24. The van der Waals surface area contributed by atoms with E-state index in [2.05, 4.69) is 29.5 Å². The van der Waals surface area contributed by atoms with E-state index in [1.165, 1.54) is 12.8 Å². The summed E-state index contributed by atoms with van der Waals surface area (Å²) in [5.41, 5.74) is 6.18. The molecular formula is C24H32F3N5O2S. The fourth-order valence-electron chi connectivity index (χ4n) is 3.27. The lowest BCUT2D eigenvalue weighted by Gasteiger charge is -2.24. The predicted octanol–water partition coefficient (Wildman–Crippen LogP) is 4.15. The van der Waals surface area contributed by atoms with Crippen molar-refractivity contribution in [2.24, 2.45) is 11.7 Å². The van der Waals surface area contributed by atoms with E-state index >= 15 is 0 Å². The lowest BCUT2D eigenvalue weighted by molar-refractivity contribution is 0.0907. The Morgan fingerprint density at radius 2 is 1.91 bits per heavy atom. The minimum atomic E-state index is -1.08. The Kier molecular flexibility index (Phi) is 9.50. The van der Waals surface area contributed by atoms with Gasteiger partial charge in [-0.2, -0.15) is 0 Å². The highest BCUT2D eigenvalue weighted by atomic mass is 32.2. The van der Waals surface area contributed by atoms with Crippen molar-refractivity contribution in [1.29, 1.82) is 0 Å². The summed E-state index contributed by atoms with van der Waals surface area (Å²) in [6.45, 7) is 3.68. The summed E-state index contributed by atoms with van der Waals surface area (Å²) >= 11 is 1.56. The maximum absolute atomic E-state index is 13.5. The maximum atomic E-state index is 13.5. The minimum Gasteiger partial charge on any atom is -0.491 e. The molecule has 0 radical (unpaired) electrons. The largest absolute Gasteiger partial charge is 0.491 e. The van der Waals surface area contributed by atoms with Gasteiger partial charge in [-0.15, -0.1) is 0 Å². The molecule has 3 rings (SSSR count). The zero-order valence-electron chi connectivity index (χ0n) is 20.1. The molecule has 1 heterocycles. The topological polar surface area (TPSA) is 92.5 Å². The summed E-state index contributed by atoms with van der Waals surface area (Å²) in [6.07, 6.45) is 2.34. The first-order chi connectivity index (χ1) is 16.6. The van der Waals surface area contributed by atoms with Crippen LogP contribution in [-0.2, 0) is 0 Å². The highest BCUT2D eigenvalue weighted by Crippen LogP contribution is 2.30. The number of nitrogens with zero attached hydrogens (tertiary/aromatic N) is 2. The van der Waals surface area contributed by atoms with Crippen LogP contribution in [0.1, 0.15) is 37.0 Å². The molecule has 1 aliphatic carbocycles. The van der Waals surface area contributed by atoms with Gasteiger partial charge in [-0.3, -0.25) is 4.79 Å². The second-order valence-electron chi connectivity index (χ2n) is 8.89. The number of anilines is 2. The van der Waals surface area contributed by atoms with Crippen molar-refractivity contribution in [3.63, 3.8) is 0 Å². The molecule has 2 atom stereocenters. The number of carbonyl (C=O) groups is 1. The summed E-state index contributed by atoms with van der Waals surface area (Å²) in [4.78, 5) is 17.8. The number of nitrogens with two attached hydrogens (primary N) is 1. The van der Waals surface area contributed by atoms with Crippen LogP contribution < -0.4 is 25.4 Å². The number of rotatable bonds is 13. The van der Waals surface area contributed by atoms with Crippen LogP contribution in [0.5, 0.6) is 5.75 Å². The molecule has 0 aliphatic heterocycles. The zero-order chi connectivity index (χ0) is 25.5. The van der Waals surface area contributed by atoms with Gasteiger partial charge in [-0.25, -0.2) is 18.2 Å². The van der Waals surface area contributed by atoms with Crippen LogP contribution in [0.3, 0.4) is 0 Å². The molecule has 2 aromatic rings. The number of aromatic nitrogens is 1. The smallest absolute Gasteiger partial charge is 0.251 e. The number of carbonyl (C=O) groups excluding carboxylic acids is 1. The lowest BCUT2D eigenvalue weighted by Crippen LogP contribution is -2.52. The van der Waals surface area contributed by atoms with Crippen molar-refractivity contribution in [3.8, 4) is 5.75 Å². The molecule has 0 saturated heterocycles. The molecule has 1 fully saturated rings. The molecule has 1 aliphatic rings. The minimum absolute atomic E-state index is 0.0853. The molecule has 35 heavy (non-hydrogen) atoms. The van der Waals surface area contributed by atoms with Crippen LogP contribution in [0.2, 0.25) is 0 Å². The van der Waals surface area contributed by atoms with Crippen molar-refractivity contribution >= 4 is 29.5 Å². The molecule has 1 amide bonds. The molecule has 11 heteroatoms. The Labute approximate surface area is 208 Å². The summed E-state index contributed by atoms with van der Waals surface area (Å²) in [5, 5.41) is 6.29. The van der Waals surface area contributed by atoms with Gasteiger partial charge in [0.1, 0.15) is 42.3 Å². The van der Waals surface area contributed by atoms with Crippen molar-refractivity contribution in [3.05, 3.63) is 47.5 Å². The van der Waals surface area contributed by atoms with Crippen molar-refractivity contribution in [2.45, 2.75) is 44.0 Å². The molecule has 0 unspecified atom stereocenters. The third kappa shape index (κ3) is 8.50. The van der Waals surface area contributed by atoms with Crippen molar-refractivity contribution < 1.29 is 22.7 Å². The Morgan fingerprint density at radius 3 is 2.51 bits per heavy atom. The second kappa shape index (κ2) is 12.3. The third-order valence-electron chi connectivity index (χ3n) is 5.31. The fourth-order valence-corrected chi connectivity index (χ4v) is 4.10. The third-order valence-corrected chi connectivity index (χ3v) is 6.24. The standard InChI is InChI=1S/C24H32F3N5O2S/c1-14(2)35-32(3)23-7-16(6-22(31-23)29-12-15-4-5-15)24(33)30-21(20(28)11-25)13-34-19-9-17(26)8-18(27)10-19/h6-10,14-15,20-21H,4-5,11-13,28H2,1-3H3,(H,29,31)(H,30,33)/t20-,21-/m0/s1. The molecule has 0 bridgehead atoms. The average molecular weight is 512 g/mol. The van der Waals surface area contributed by atoms with Crippen LogP contribution >= 0.6 is 11.9 Å². The van der Waals surface area contributed by atoms with Crippen LogP contribution in [0.4, 0.5) is 24.8 Å². The normalized spacial score (nSPS) is 15.0. The lowest BCUT2D eigenvalue weighted by atomic mass is 10.1. The number of nitrogens with one attached hydrogen (secondary N) is 2. The number of hydrogen-bond acceptors (Lipinski definition) is 7. The molecule has 1 aromatic heterocycles. The molecule has 1 aromatic carbocycles. The number of halogens is 3. The van der Waals surface area contributed by atoms with Crippen LogP contribution in [0.25, 0.3) is 0 Å². The predicted molar refractivity (Wildman–Crippen MR) is 134 cm³/mol. The molecule has 0 spiro atoms. The molecule has 192 valence electrons. The van der Waals surface area contributed by atoms with Crippen LogP contribution in [0, 0.1) is 17.6 Å². The van der Waals surface area contributed by atoms with Gasteiger partial charge in [-0.05, 0) is 42.8 Å². The summed E-state index contributed by atoms with van der Waals surface area (Å²) < 4.78 is 47.6. The summed E-state index contributed by atoms with van der Waals surface area (Å²) in [5.74, 6) is -0.436. The fraction of sp³-hybridized carbons (Fsp3) is 0.500. The zero-order valence-corrected chi connectivity index (χ0v) is 20.9. The van der Waals surface area contributed by atoms with Gasteiger partial charge in [0.2, 0.25) is 0 Å². The van der Waals surface area contributed by atoms with E-state index < -0.39 is 36.3 Å². The number of hydrogen-bond donors (Lipinski definition) is 3. The van der Waals surface area contributed by atoms with E-state index in [1.54, 1.807) is 24.1 Å². The van der Waals surface area contributed by atoms with E-state index in [1.807, 2.05) is 11.4 Å². The molecule has 1 saturated carbocycles. The van der Waals surface area contributed by atoms with Gasteiger partial charge in [0.05, 0.1) is 12.1 Å². The first-order valence-corrected chi connectivity index (χ1v) is 12.4. The summed E-state index contributed by atoms with van der Waals surface area (Å²) in [7, 11) is 1.87. The van der Waals surface area contributed by atoms with Gasteiger partial charge in [0, 0.05) is 42.6 Å². The van der Waals surface area contributed by atoms with Gasteiger partial charge < -0.3 is 25.4 Å². The number of benzene rings is 1. The summed E-state index contributed by atoms with van der Waals surface area (Å²) in [6, 6.07) is 3.97. The monoisotopic (exact) mass is 511 g/mol.